The van der Waals surface area contributed by atoms with Crippen molar-refractivity contribution < 1.29 is 14.7 Å². The number of ether oxygens (including phenoxy) is 1. The molecule has 0 aromatic carbocycles. The number of rotatable bonds is 5. The van der Waals surface area contributed by atoms with Crippen molar-refractivity contribution >= 4 is 33.3 Å². The lowest BCUT2D eigenvalue weighted by Crippen LogP contribution is -3.15. The molecule has 0 radical (unpaired) electrons. The average molecular weight is 397 g/mol. The molecule has 2 aliphatic rings. The Labute approximate surface area is 161 Å². The number of hydrogen-bond acceptors (Lipinski definition) is 6. The quantitative estimate of drug-likeness (QED) is 0.560. The largest absolute Gasteiger partial charge is 0.386 e. The first-order valence-corrected chi connectivity index (χ1v) is 11.2. The van der Waals surface area contributed by atoms with Crippen molar-refractivity contribution in [2.75, 3.05) is 38.6 Å². The van der Waals surface area contributed by atoms with Crippen molar-refractivity contribution in [1.82, 2.24) is 9.55 Å². The molecule has 0 unspecified atom stereocenters. The molecule has 142 valence electrons. The molecule has 1 saturated heterocycles. The van der Waals surface area contributed by atoms with E-state index in [9.17, 15) is 9.90 Å². The Morgan fingerprint density at radius 2 is 2.12 bits per heavy atom. The van der Waals surface area contributed by atoms with Gasteiger partial charge in [0.05, 0.1) is 18.6 Å². The van der Waals surface area contributed by atoms with Gasteiger partial charge in [-0.3, -0.25) is 9.36 Å². The molecule has 0 bridgehead atoms. The van der Waals surface area contributed by atoms with E-state index in [1.807, 2.05) is 0 Å². The topological polar surface area (TPSA) is 68.8 Å². The second-order valence-corrected chi connectivity index (χ2v) is 9.25. The standard InChI is InChI=1S/C18H25N3O3S2/c1-20-17(23)15-13-4-2-3-5-14(13)26-16(15)19-18(20)25-11-12(22)10-21-6-8-24-9-7-21/h12,22H,2-11H2,1H3/p+1/t12-/m0/s1. The maximum Gasteiger partial charge on any atom is 0.262 e. The Kier molecular flexibility index (Phi) is 5.66. The molecule has 2 N–H and O–H groups in total. The summed E-state index contributed by atoms with van der Waals surface area (Å²) in [5, 5.41) is 11.9. The zero-order chi connectivity index (χ0) is 18.1. The summed E-state index contributed by atoms with van der Waals surface area (Å²) in [4.78, 5) is 21.2. The highest BCUT2D eigenvalue weighted by atomic mass is 32.2. The number of nitrogens with zero attached hydrogens (tertiary/aromatic N) is 2. The van der Waals surface area contributed by atoms with Crippen LogP contribution in [0.2, 0.25) is 0 Å². The van der Waals surface area contributed by atoms with Gasteiger partial charge >= 0.3 is 0 Å². The van der Waals surface area contributed by atoms with Crippen LogP contribution in [0.1, 0.15) is 23.3 Å². The summed E-state index contributed by atoms with van der Waals surface area (Å²) in [6.07, 6.45) is 4.03. The van der Waals surface area contributed by atoms with E-state index in [0.717, 1.165) is 62.3 Å². The lowest BCUT2D eigenvalue weighted by atomic mass is 9.97. The first-order valence-electron chi connectivity index (χ1n) is 9.37. The summed E-state index contributed by atoms with van der Waals surface area (Å²) in [7, 11) is 1.80. The van der Waals surface area contributed by atoms with Crippen molar-refractivity contribution in [3.8, 4) is 0 Å². The molecule has 0 saturated carbocycles. The van der Waals surface area contributed by atoms with Gasteiger partial charge in [0.15, 0.2) is 5.16 Å². The molecule has 0 spiro atoms. The molecule has 0 amide bonds. The number of aliphatic hydroxyl groups excluding tert-OH is 1. The Bertz CT molecular complexity index is 842. The highest BCUT2D eigenvalue weighted by molar-refractivity contribution is 7.99. The van der Waals surface area contributed by atoms with Crippen LogP contribution in [-0.4, -0.2) is 59.4 Å². The van der Waals surface area contributed by atoms with Gasteiger partial charge in [0.2, 0.25) is 0 Å². The van der Waals surface area contributed by atoms with Crippen LogP contribution < -0.4 is 10.5 Å². The lowest BCUT2D eigenvalue weighted by Gasteiger charge is -2.25. The molecule has 26 heavy (non-hydrogen) atoms. The molecular formula is C18H26N3O3S2+. The molecular weight excluding hydrogens is 370 g/mol. The molecule has 1 fully saturated rings. The molecule has 2 aromatic rings. The third-order valence-corrected chi connectivity index (χ3v) is 7.64. The fourth-order valence-electron chi connectivity index (χ4n) is 3.82. The van der Waals surface area contributed by atoms with E-state index in [-0.39, 0.29) is 5.56 Å². The third kappa shape index (κ3) is 3.71. The minimum Gasteiger partial charge on any atom is -0.386 e. The monoisotopic (exact) mass is 396 g/mol. The van der Waals surface area contributed by atoms with E-state index in [4.69, 9.17) is 9.72 Å². The highest BCUT2D eigenvalue weighted by Crippen LogP contribution is 2.34. The molecule has 2 aromatic heterocycles. The second-order valence-electron chi connectivity index (χ2n) is 7.18. The van der Waals surface area contributed by atoms with Gasteiger partial charge in [0.25, 0.3) is 5.56 Å². The first-order chi connectivity index (χ1) is 12.6. The zero-order valence-corrected chi connectivity index (χ0v) is 16.8. The van der Waals surface area contributed by atoms with E-state index in [1.165, 1.54) is 33.5 Å². The van der Waals surface area contributed by atoms with Crippen LogP contribution in [0.4, 0.5) is 0 Å². The smallest absolute Gasteiger partial charge is 0.262 e. The van der Waals surface area contributed by atoms with Gasteiger partial charge in [-0.1, -0.05) is 11.8 Å². The number of aliphatic hydroxyl groups is 1. The van der Waals surface area contributed by atoms with E-state index in [2.05, 4.69) is 0 Å². The minimum atomic E-state index is -0.405. The number of morpholine rings is 1. The number of nitrogens with one attached hydrogen (secondary N) is 1. The molecule has 8 heteroatoms. The van der Waals surface area contributed by atoms with Gasteiger partial charge in [-0.05, 0) is 31.2 Å². The van der Waals surface area contributed by atoms with Crippen molar-refractivity contribution in [2.24, 2.45) is 7.05 Å². The van der Waals surface area contributed by atoms with Gasteiger partial charge in [-0.15, -0.1) is 11.3 Å². The Morgan fingerprint density at radius 3 is 2.92 bits per heavy atom. The fourth-order valence-corrected chi connectivity index (χ4v) is 6.02. The van der Waals surface area contributed by atoms with Crippen LogP contribution in [0.5, 0.6) is 0 Å². The summed E-state index contributed by atoms with van der Waals surface area (Å²) in [6, 6.07) is 0. The van der Waals surface area contributed by atoms with E-state index in [1.54, 1.807) is 23.0 Å². The Hall–Kier alpha value is -0.930. The molecule has 1 atom stereocenters. The van der Waals surface area contributed by atoms with E-state index in [0.29, 0.717) is 10.9 Å². The minimum absolute atomic E-state index is 0.0604. The van der Waals surface area contributed by atoms with E-state index >= 15 is 0 Å². The fraction of sp³-hybridized carbons (Fsp3) is 0.667. The number of hydrogen-bond donors (Lipinski definition) is 2. The predicted molar refractivity (Wildman–Crippen MR) is 105 cm³/mol. The summed E-state index contributed by atoms with van der Waals surface area (Å²) in [6.45, 7) is 4.16. The van der Waals surface area contributed by atoms with Crippen LogP contribution >= 0.6 is 23.1 Å². The van der Waals surface area contributed by atoms with E-state index < -0.39 is 6.10 Å². The van der Waals surface area contributed by atoms with Crippen LogP contribution in [0.25, 0.3) is 10.2 Å². The summed E-state index contributed by atoms with van der Waals surface area (Å²) in [5.74, 6) is 0.557. The highest BCUT2D eigenvalue weighted by Gasteiger charge is 2.22. The van der Waals surface area contributed by atoms with Crippen molar-refractivity contribution in [3.05, 3.63) is 20.8 Å². The lowest BCUT2D eigenvalue weighted by molar-refractivity contribution is -0.910. The van der Waals surface area contributed by atoms with Gasteiger partial charge in [0, 0.05) is 17.7 Å². The van der Waals surface area contributed by atoms with Crippen molar-refractivity contribution in [1.29, 1.82) is 0 Å². The molecule has 6 nitrogen and oxygen atoms in total. The normalized spacial score (nSPS) is 19.6. The zero-order valence-electron chi connectivity index (χ0n) is 15.1. The van der Waals surface area contributed by atoms with Crippen LogP contribution in [0.15, 0.2) is 9.95 Å². The number of aromatic nitrogens is 2. The maximum atomic E-state index is 12.9. The van der Waals surface area contributed by atoms with Gasteiger partial charge in [-0.25, -0.2) is 4.98 Å². The number of aryl methyl sites for hydroxylation is 2. The number of thioether (sulfide) groups is 1. The van der Waals surface area contributed by atoms with Crippen molar-refractivity contribution in [2.45, 2.75) is 36.9 Å². The molecule has 1 aliphatic carbocycles. The van der Waals surface area contributed by atoms with Gasteiger partial charge in [-0.2, -0.15) is 0 Å². The van der Waals surface area contributed by atoms with Gasteiger partial charge < -0.3 is 14.7 Å². The number of thiophene rings is 1. The Morgan fingerprint density at radius 1 is 1.35 bits per heavy atom. The number of fused-ring (bicyclic) bond motifs is 3. The van der Waals surface area contributed by atoms with Crippen LogP contribution in [0.3, 0.4) is 0 Å². The molecule has 1 aliphatic heterocycles. The van der Waals surface area contributed by atoms with Gasteiger partial charge in [0.1, 0.15) is 30.6 Å². The Balaban J connectivity index is 1.49. The van der Waals surface area contributed by atoms with Crippen LogP contribution in [-0.2, 0) is 24.6 Å². The summed E-state index contributed by atoms with van der Waals surface area (Å²) >= 11 is 3.16. The number of quaternary nitrogens is 1. The first kappa shape index (κ1) is 18.4. The second kappa shape index (κ2) is 7.98. The molecule has 3 heterocycles. The summed E-state index contributed by atoms with van der Waals surface area (Å²) < 4.78 is 7.02. The molecule has 4 rings (SSSR count). The maximum absolute atomic E-state index is 12.9. The summed E-state index contributed by atoms with van der Waals surface area (Å²) in [5.41, 5.74) is 1.29. The van der Waals surface area contributed by atoms with Crippen LogP contribution in [0, 0.1) is 0 Å². The third-order valence-electron chi connectivity index (χ3n) is 5.28. The average Bonchev–Trinajstić information content (AvgIpc) is 3.02. The SMILES string of the molecule is Cn1c(SC[C@@H](O)C[NH+]2CCOCC2)nc2sc3c(c2c1=O)CCCC3. The predicted octanol–water partition coefficient (Wildman–Crippen LogP) is 0.242. The van der Waals surface area contributed by atoms with Crippen molar-refractivity contribution in [3.63, 3.8) is 0 Å².